The minimum Gasteiger partial charge on any atom is -0.302 e. The lowest BCUT2D eigenvalue weighted by molar-refractivity contribution is -0.114. The van der Waals surface area contributed by atoms with Gasteiger partial charge in [0.2, 0.25) is 5.91 Å². The zero-order valence-electron chi connectivity index (χ0n) is 10.2. The van der Waals surface area contributed by atoms with Crippen molar-refractivity contribution in [3.05, 3.63) is 45.4 Å². The molecule has 0 bridgehead atoms. The molecule has 1 amide bonds. The van der Waals surface area contributed by atoms with Crippen LogP contribution in [0.15, 0.2) is 24.3 Å². The van der Waals surface area contributed by atoms with Crippen LogP contribution in [-0.4, -0.2) is 10.9 Å². The number of aryl methyl sites for hydroxylation is 1. The van der Waals surface area contributed by atoms with Gasteiger partial charge >= 0.3 is 0 Å². The zero-order chi connectivity index (χ0) is 13.1. The van der Waals surface area contributed by atoms with Crippen LogP contribution in [-0.2, 0) is 11.2 Å². The van der Waals surface area contributed by atoms with E-state index in [1.54, 1.807) is 0 Å². The van der Waals surface area contributed by atoms with Gasteiger partial charge in [-0.2, -0.15) is 0 Å². The Morgan fingerprint density at radius 2 is 2.06 bits per heavy atom. The van der Waals surface area contributed by atoms with Gasteiger partial charge in [0.05, 0.1) is 5.69 Å². The fraction of sp³-hybridized carbons (Fsp3) is 0.231. The van der Waals surface area contributed by atoms with Crippen molar-refractivity contribution in [2.75, 3.05) is 5.32 Å². The number of rotatable bonds is 3. The van der Waals surface area contributed by atoms with Crippen LogP contribution < -0.4 is 5.32 Å². The summed E-state index contributed by atoms with van der Waals surface area (Å²) in [4.78, 5) is 16.4. The Balaban J connectivity index is 2.16. The van der Waals surface area contributed by atoms with E-state index in [1.807, 2.05) is 31.2 Å². The first kappa shape index (κ1) is 13.1. The molecule has 0 fully saturated rings. The number of hydrogen-bond acceptors (Lipinski definition) is 3. The molecule has 2 rings (SSSR count). The third-order valence-electron chi connectivity index (χ3n) is 2.45. The number of thiazole rings is 1. The van der Waals surface area contributed by atoms with Crippen LogP contribution in [0.2, 0.25) is 5.02 Å². The molecule has 0 aliphatic rings. The second-order valence-corrected chi connectivity index (χ2v) is 5.53. The number of anilines is 1. The average Bonchev–Trinajstić information content (AvgIpc) is 2.61. The molecule has 1 aromatic carbocycles. The summed E-state index contributed by atoms with van der Waals surface area (Å²) in [6.07, 6.45) is 0.806. The molecule has 0 unspecified atom stereocenters. The number of amides is 1. The maximum absolute atomic E-state index is 11.0. The lowest BCUT2D eigenvalue weighted by Gasteiger charge is -1.99. The van der Waals surface area contributed by atoms with Crippen LogP contribution in [0.25, 0.3) is 0 Å². The van der Waals surface area contributed by atoms with E-state index in [-0.39, 0.29) is 5.91 Å². The molecule has 1 N–H and O–H groups in total. The lowest BCUT2D eigenvalue weighted by atomic mass is 10.1. The SMILES string of the molecule is CC(=O)Nc1nc(C)c(Cc2ccc(Cl)cc2)s1. The Bertz CT molecular complexity index is 563. The molecule has 0 saturated carbocycles. The number of nitrogens with zero attached hydrogens (tertiary/aromatic N) is 1. The minimum absolute atomic E-state index is 0.0956. The predicted molar refractivity (Wildman–Crippen MR) is 75.4 cm³/mol. The normalized spacial score (nSPS) is 10.4. The van der Waals surface area contributed by atoms with Crippen molar-refractivity contribution < 1.29 is 4.79 Å². The molecule has 1 heterocycles. The van der Waals surface area contributed by atoms with Crippen molar-refractivity contribution in [1.29, 1.82) is 0 Å². The molecule has 3 nitrogen and oxygen atoms in total. The summed E-state index contributed by atoms with van der Waals surface area (Å²) in [7, 11) is 0. The van der Waals surface area contributed by atoms with Gasteiger partial charge in [-0.25, -0.2) is 4.98 Å². The topological polar surface area (TPSA) is 42.0 Å². The standard InChI is InChI=1S/C13H13ClN2OS/c1-8-12(18-13(15-8)16-9(2)17)7-10-3-5-11(14)6-4-10/h3-6H,7H2,1-2H3,(H,15,16,17). The molecule has 1 aromatic heterocycles. The van der Waals surface area contributed by atoms with Gasteiger partial charge in [0, 0.05) is 23.2 Å². The first-order valence-corrected chi connectivity index (χ1v) is 6.72. The molecule has 0 atom stereocenters. The molecular weight excluding hydrogens is 268 g/mol. The summed E-state index contributed by atoms with van der Waals surface area (Å²) < 4.78 is 0. The van der Waals surface area contributed by atoms with Crippen molar-refractivity contribution in [2.24, 2.45) is 0 Å². The Kier molecular flexibility index (Phi) is 3.99. The van der Waals surface area contributed by atoms with Crippen LogP contribution >= 0.6 is 22.9 Å². The van der Waals surface area contributed by atoms with E-state index < -0.39 is 0 Å². The molecule has 0 radical (unpaired) electrons. The molecule has 0 saturated heterocycles. The first-order chi connectivity index (χ1) is 8.54. The zero-order valence-corrected chi connectivity index (χ0v) is 11.7. The largest absolute Gasteiger partial charge is 0.302 e. The molecule has 0 spiro atoms. The Morgan fingerprint density at radius 3 is 2.67 bits per heavy atom. The van der Waals surface area contributed by atoms with E-state index >= 15 is 0 Å². The fourth-order valence-electron chi connectivity index (χ4n) is 1.58. The summed E-state index contributed by atoms with van der Waals surface area (Å²) in [6, 6.07) is 7.75. The number of halogens is 1. The van der Waals surface area contributed by atoms with Gasteiger partial charge < -0.3 is 5.32 Å². The quantitative estimate of drug-likeness (QED) is 0.932. The average molecular weight is 281 g/mol. The maximum atomic E-state index is 11.0. The highest BCUT2D eigenvalue weighted by Gasteiger charge is 2.09. The van der Waals surface area contributed by atoms with Crippen molar-refractivity contribution in [3.8, 4) is 0 Å². The number of carbonyl (C=O) groups is 1. The van der Waals surface area contributed by atoms with E-state index in [9.17, 15) is 4.79 Å². The summed E-state index contributed by atoms with van der Waals surface area (Å²) in [5.41, 5.74) is 2.14. The second kappa shape index (κ2) is 5.50. The van der Waals surface area contributed by atoms with E-state index in [0.717, 1.165) is 22.0 Å². The Labute approximate surface area is 115 Å². The number of benzene rings is 1. The molecule has 5 heteroatoms. The summed E-state index contributed by atoms with van der Waals surface area (Å²) in [6.45, 7) is 3.43. The molecule has 0 aliphatic heterocycles. The van der Waals surface area contributed by atoms with Gasteiger partial charge in [-0.3, -0.25) is 4.79 Å². The third-order valence-corrected chi connectivity index (χ3v) is 3.78. The van der Waals surface area contributed by atoms with Gasteiger partial charge in [0.1, 0.15) is 0 Å². The molecular formula is C13H13ClN2OS. The summed E-state index contributed by atoms with van der Waals surface area (Å²) in [5.74, 6) is -0.0956. The van der Waals surface area contributed by atoms with Gasteiger partial charge in [0.25, 0.3) is 0 Å². The van der Waals surface area contributed by atoms with Crippen molar-refractivity contribution >= 4 is 34.0 Å². The minimum atomic E-state index is -0.0956. The Morgan fingerprint density at radius 1 is 1.39 bits per heavy atom. The fourth-order valence-corrected chi connectivity index (χ4v) is 2.75. The van der Waals surface area contributed by atoms with E-state index in [4.69, 9.17) is 11.6 Å². The monoisotopic (exact) mass is 280 g/mol. The van der Waals surface area contributed by atoms with Crippen molar-refractivity contribution in [3.63, 3.8) is 0 Å². The number of hydrogen-bond donors (Lipinski definition) is 1. The van der Waals surface area contributed by atoms with Crippen LogP contribution in [0.3, 0.4) is 0 Å². The first-order valence-electron chi connectivity index (χ1n) is 5.53. The van der Waals surface area contributed by atoms with Crippen LogP contribution in [0.1, 0.15) is 23.1 Å². The number of carbonyl (C=O) groups excluding carboxylic acids is 1. The molecule has 18 heavy (non-hydrogen) atoms. The van der Waals surface area contributed by atoms with E-state index in [0.29, 0.717) is 5.13 Å². The van der Waals surface area contributed by atoms with Crippen LogP contribution in [0, 0.1) is 6.92 Å². The van der Waals surface area contributed by atoms with Crippen molar-refractivity contribution in [1.82, 2.24) is 4.98 Å². The maximum Gasteiger partial charge on any atom is 0.223 e. The smallest absolute Gasteiger partial charge is 0.223 e. The molecule has 2 aromatic rings. The lowest BCUT2D eigenvalue weighted by Crippen LogP contribution is -2.04. The Hall–Kier alpha value is -1.39. The second-order valence-electron chi connectivity index (χ2n) is 4.01. The highest BCUT2D eigenvalue weighted by atomic mass is 35.5. The van der Waals surface area contributed by atoms with E-state index in [2.05, 4.69) is 10.3 Å². The van der Waals surface area contributed by atoms with Crippen molar-refractivity contribution in [2.45, 2.75) is 20.3 Å². The van der Waals surface area contributed by atoms with Gasteiger partial charge in [-0.1, -0.05) is 23.7 Å². The van der Waals surface area contributed by atoms with E-state index in [1.165, 1.54) is 23.8 Å². The molecule has 94 valence electrons. The number of nitrogens with one attached hydrogen (secondary N) is 1. The summed E-state index contributed by atoms with van der Waals surface area (Å²) in [5, 5.41) is 4.10. The highest BCUT2D eigenvalue weighted by Crippen LogP contribution is 2.25. The van der Waals surface area contributed by atoms with Gasteiger partial charge in [-0.05, 0) is 24.6 Å². The summed E-state index contributed by atoms with van der Waals surface area (Å²) >= 11 is 7.36. The van der Waals surface area contributed by atoms with Crippen LogP contribution in [0.4, 0.5) is 5.13 Å². The van der Waals surface area contributed by atoms with Gasteiger partial charge in [0.15, 0.2) is 5.13 Å². The number of aromatic nitrogens is 1. The molecule has 0 aliphatic carbocycles. The van der Waals surface area contributed by atoms with Gasteiger partial charge in [-0.15, -0.1) is 11.3 Å². The van der Waals surface area contributed by atoms with Crippen LogP contribution in [0.5, 0.6) is 0 Å². The third kappa shape index (κ3) is 3.31. The predicted octanol–water partition coefficient (Wildman–Crippen LogP) is 3.65. The highest BCUT2D eigenvalue weighted by molar-refractivity contribution is 7.15.